The maximum Gasteiger partial charge on any atom is 0.331 e. The predicted molar refractivity (Wildman–Crippen MR) is 118 cm³/mol. The van der Waals surface area contributed by atoms with E-state index in [9.17, 15) is 14.4 Å². The molecule has 0 aromatic heterocycles. The maximum atomic E-state index is 13.2. The molecule has 0 aliphatic heterocycles. The van der Waals surface area contributed by atoms with E-state index in [1.807, 2.05) is 51.1 Å². The third kappa shape index (κ3) is 7.30. The van der Waals surface area contributed by atoms with Gasteiger partial charge in [-0.05, 0) is 38.3 Å². The largest absolute Gasteiger partial charge is 0.478 e. The van der Waals surface area contributed by atoms with Gasteiger partial charge in [-0.2, -0.15) is 0 Å². The van der Waals surface area contributed by atoms with Crippen molar-refractivity contribution in [2.75, 3.05) is 14.1 Å². The normalized spacial score (nSPS) is 15.1. The SMILES string of the molecule is CN[C@@H](Cc1ccccc1)C(=O)N[C@H](C(=O)N(C)[C@@H](C)/C=C(\C)C(=O)O)C(C)(C)C. The van der Waals surface area contributed by atoms with Crippen molar-refractivity contribution in [1.29, 1.82) is 0 Å². The minimum atomic E-state index is -1.03. The molecule has 0 bridgehead atoms. The second kappa shape index (κ2) is 10.9. The zero-order valence-electron chi connectivity index (χ0n) is 19.0. The van der Waals surface area contributed by atoms with Crippen molar-refractivity contribution in [3.05, 3.63) is 47.5 Å². The fourth-order valence-corrected chi connectivity index (χ4v) is 3.02. The summed E-state index contributed by atoms with van der Waals surface area (Å²) in [5, 5.41) is 15.0. The van der Waals surface area contributed by atoms with E-state index in [1.54, 1.807) is 21.0 Å². The van der Waals surface area contributed by atoms with Crippen molar-refractivity contribution in [3.63, 3.8) is 0 Å². The minimum Gasteiger partial charge on any atom is -0.478 e. The van der Waals surface area contributed by atoms with Gasteiger partial charge < -0.3 is 20.6 Å². The third-order valence-corrected chi connectivity index (χ3v) is 5.13. The molecule has 7 nitrogen and oxygen atoms in total. The lowest BCUT2D eigenvalue weighted by molar-refractivity contribution is -0.139. The van der Waals surface area contributed by atoms with Crippen LogP contribution in [-0.4, -0.2) is 60.0 Å². The molecule has 1 rings (SSSR count). The summed E-state index contributed by atoms with van der Waals surface area (Å²) in [5.41, 5.74) is 0.652. The van der Waals surface area contributed by atoms with Gasteiger partial charge in [0, 0.05) is 18.7 Å². The number of hydrogen-bond donors (Lipinski definition) is 3. The van der Waals surface area contributed by atoms with Crippen LogP contribution in [0, 0.1) is 5.41 Å². The highest BCUT2D eigenvalue weighted by Gasteiger charge is 2.36. The van der Waals surface area contributed by atoms with Crippen LogP contribution in [0.5, 0.6) is 0 Å². The van der Waals surface area contributed by atoms with Crippen molar-refractivity contribution >= 4 is 17.8 Å². The molecule has 0 heterocycles. The van der Waals surface area contributed by atoms with E-state index < -0.39 is 29.5 Å². The Morgan fingerprint density at radius 1 is 1.17 bits per heavy atom. The van der Waals surface area contributed by atoms with Gasteiger partial charge in [0.2, 0.25) is 11.8 Å². The molecule has 0 radical (unpaired) electrons. The molecule has 2 amide bonds. The van der Waals surface area contributed by atoms with Gasteiger partial charge in [0.1, 0.15) is 6.04 Å². The van der Waals surface area contributed by atoms with E-state index in [-0.39, 0.29) is 17.4 Å². The molecule has 7 heteroatoms. The molecule has 0 unspecified atom stereocenters. The van der Waals surface area contributed by atoms with Crippen LogP contribution in [0.1, 0.15) is 40.2 Å². The molecule has 0 aliphatic rings. The molecule has 166 valence electrons. The second-order valence-corrected chi connectivity index (χ2v) is 8.68. The Morgan fingerprint density at radius 3 is 2.20 bits per heavy atom. The molecule has 1 aromatic carbocycles. The van der Waals surface area contributed by atoms with Gasteiger partial charge in [-0.25, -0.2) is 4.79 Å². The van der Waals surface area contributed by atoms with Crippen molar-refractivity contribution in [3.8, 4) is 0 Å². The van der Waals surface area contributed by atoms with E-state index >= 15 is 0 Å². The monoisotopic (exact) mass is 417 g/mol. The molecule has 3 N–H and O–H groups in total. The van der Waals surface area contributed by atoms with Gasteiger partial charge in [0.05, 0.1) is 6.04 Å². The lowest BCUT2D eigenvalue weighted by Crippen LogP contribution is -2.58. The van der Waals surface area contributed by atoms with Gasteiger partial charge in [0.25, 0.3) is 0 Å². The Labute approximate surface area is 179 Å². The molecule has 0 aliphatic carbocycles. The van der Waals surface area contributed by atoms with E-state index in [2.05, 4.69) is 10.6 Å². The summed E-state index contributed by atoms with van der Waals surface area (Å²) in [6.07, 6.45) is 2.02. The van der Waals surface area contributed by atoms with Crippen LogP contribution in [0.4, 0.5) is 0 Å². The van der Waals surface area contributed by atoms with Crippen LogP contribution in [-0.2, 0) is 20.8 Å². The number of hydrogen-bond acceptors (Lipinski definition) is 4. The fraction of sp³-hybridized carbons (Fsp3) is 0.522. The van der Waals surface area contributed by atoms with Crippen LogP contribution < -0.4 is 10.6 Å². The summed E-state index contributed by atoms with van der Waals surface area (Å²) < 4.78 is 0. The van der Waals surface area contributed by atoms with Crippen molar-refractivity contribution in [2.45, 2.75) is 59.2 Å². The summed E-state index contributed by atoms with van der Waals surface area (Å²) in [4.78, 5) is 38.7. The first-order valence-corrected chi connectivity index (χ1v) is 10.1. The average Bonchev–Trinajstić information content (AvgIpc) is 2.68. The van der Waals surface area contributed by atoms with Crippen LogP contribution in [0.3, 0.4) is 0 Å². The van der Waals surface area contributed by atoms with Crippen LogP contribution in [0.25, 0.3) is 0 Å². The number of nitrogens with one attached hydrogen (secondary N) is 2. The predicted octanol–water partition coefficient (Wildman–Crippen LogP) is 2.23. The van der Waals surface area contributed by atoms with Gasteiger partial charge in [-0.1, -0.05) is 57.2 Å². The fourth-order valence-electron chi connectivity index (χ4n) is 3.02. The number of benzene rings is 1. The first-order valence-electron chi connectivity index (χ1n) is 10.1. The first kappa shape index (κ1) is 25.4. The van der Waals surface area contributed by atoms with Gasteiger partial charge in [0.15, 0.2) is 0 Å². The van der Waals surface area contributed by atoms with E-state index in [1.165, 1.54) is 17.9 Å². The van der Waals surface area contributed by atoms with Crippen molar-refractivity contribution in [1.82, 2.24) is 15.5 Å². The Kier molecular flexibility index (Phi) is 9.23. The number of aliphatic carboxylic acids is 1. The Balaban J connectivity index is 3.00. The zero-order chi connectivity index (χ0) is 23.1. The lowest BCUT2D eigenvalue weighted by Gasteiger charge is -2.36. The molecule has 0 saturated heterocycles. The van der Waals surface area contributed by atoms with Crippen molar-refractivity contribution < 1.29 is 19.5 Å². The number of carbonyl (C=O) groups is 3. The Hall–Kier alpha value is -2.67. The zero-order valence-corrected chi connectivity index (χ0v) is 19.0. The summed E-state index contributed by atoms with van der Waals surface area (Å²) in [5.74, 6) is -1.55. The quantitative estimate of drug-likeness (QED) is 0.535. The minimum absolute atomic E-state index is 0.164. The first-order chi connectivity index (χ1) is 13.9. The summed E-state index contributed by atoms with van der Waals surface area (Å²) in [6, 6.07) is 8.00. The Morgan fingerprint density at radius 2 is 1.73 bits per heavy atom. The van der Waals surface area contributed by atoms with Crippen LogP contribution in [0.15, 0.2) is 42.0 Å². The average molecular weight is 418 g/mol. The standard InChI is InChI=1S/C23H35N3O4/c1-15(22(29)30)13-16(2)26(7)21(28)19(23(3,4)5)25-20(27)18(24-6)14-17-11-9-8-10-12-17/h8-13,16,18-19,24H,14H2,1-7H3,(H,25,27)(H,29,30)/b15-13+/t16-,18-,19+/m0/s1. The van der Waals surface area contributed by atoms with Crippen molar-refractivity contribution in [2.24, 2.45) is 5.41 Å². The number of rotatable bonds is 9. The molecule has 0 fully saturated rings. The number of carbonyl (C=O) groups excluding carboxylic acids is 2. The number of likely N-dealkylation sites (N-methyl/N-ethyl adjacent to an activating group) is 2. The second-order valence-electron chi connectivity index (χ2n) is 8.68. The topological polar surface area (TPSA) is 98.7 Å². The summed E-state index contributed by atoms with van der Waals surface area (Å²) in [7, 11) is 3.33. The highest BCUT2D eigenvalue weighted by Crippen LogP contribution is 2.22. The van der Waals surface area contributed by atoms with Crippen LogP contribution in [0.2, 0.25) is 0 Å². The Bertz CT molecular complexity index is 768. The molecular formula is C23H35N3O4. The number of carboxylic acids is 1. The molecule has 0 saturated carbocycles. The van der Waals surface area contributed by atoms with Gasteiger partial charge >= 0.3 is 5.97 Å². The summed E-state index contributed by atoms with van der Waals surface area (Å²) >= 11 is 0. The lowest BCUT2D eigenvalue weighted by atomic mass is 9.85. The molecule has 3 atom stereocenters. The highest BCUT2D eigenvalue weighted by molar-refractivity contribution is 5.91. The molecular weight excluding hydrogens is 382 g/mol. The number of carboxylic acid groups (broad SMARTS) is 1. The van der Waals surface area contributed by atoms with E-state index in [4.69, 9.17) is 5.11 Å². The molecule has 0 spiro atoms. The van der Waals surface area contributed by atoms with Gasteiger partial charge in [-0.15, -0.1) is 0 Å². The smallest absolute Gasteiger partial charge is 0.331 e. The molecule has 1 aromatic rings. The molecule has 30 heavy (non-hydrogen) atoms. The number of nitrogens with zero attached hydrogens (tertiary/aromatic N) is 1. The highest BCUT2D eigenvalue weighted by atomic mass is 16.4. The maximum absolute atomic E-state index is 13.2. The number of amides is 2. The van der Waals surface area contributed by atoms with E-state index in [0.29, 0.717) is 6.42 Å². The van der Waals surface area contributed by atoms with Gasteiger partial charge in [-0.3, -0.25) is 9.59 Å². The summed E-state index contributed by atoms with van der Waals surface area (Å²) in [6.45, 7) is 8.90. The van der Waals surface area contributed by atoms with E-state index in [0.717, 1.165) is 5.56 Å². The van der Waals surface area contributed by atoms with Crippen LogP contribution >= 0.6 is 0 Å². The third-order valence-electron chi connectivity index (χ3n) is 5.13.